The zero-order valence-electron chi connectivity index (χ0n) is 5.09. The van der Waals surface area contributed by atoms with Crippen LogP contribution in [-0.2, 0) is 14.3 Å². The van der Waals surface area contributed by atoms with E-state index in [0.29, 0.717) is 6.79 Å². The molecule has 4 heteroatoms. The molecular formula is C4H11NO3. The summed E-state index contributed by atoms with van der Waals surface area (Å²) in [7, 11) is 3.17. The lowest BCUT2D eigenvalue weighted by molar-refractivity contribution is -0.106. The molecule has 0 aromatic carbocycles. The third-order valence-electron chi connectivity index (χ3n) is 0.236. The fourth-order valence-corrected chi connectivity index (χ4v) is 0.118. The molecule has 0 saturated carbocycles. The van der Waals surface area contributed by atoms with E-state index in [1.54, 1.807) is 14.2 Å². The number of ether oxygens (including phenoxy) is 2. The lowest BCUT2D eigenvalue weighted by Gasteiger charge is -1.87. The maximum Gasteiger partial charge on any atom is 0.204 e. The van der Waals surface area contributed by atoms with Crippen LogP contribution in [0.15, 0.2) is 0 Å². The topological polar surface area (TPSA) is 61.6 Å². The van der Waals surface area contributed by atoms with E-state index in [4.69, 9.17) is 4.79 Å². The number of hydrogen-bond donors (Lipinski definition) is 1. The highest BCUT2D eigenvalue weighted by Crippen LogP contribution is 1.60. The number of amides is 1. The summed E-state index contributed by atoms with van der Waals surface area (Å²) in [5.74, 6) is 0. The van der Waals surface area contributed by atoms with Crippen LogP contribution in [0.5, 0.6) is 0 Å². The first-order valence-electron chi connectivity index (χ1n) is 1.96. The molecule has 0 atom stereocenters. The van der Waals surface area contributed by atoms with Gasteiger partial charge in [-0.3, -0.25) is 4.79 Å². The van der Waals surface area contributed by atoms with E-state index in [-0.39, 0.29) is 6.41 Å². The van der Waals surface area contributed by atoms with Crippen molar-refractivity contribution in [3.63, 3.8) is 0 Å². The van der Waals surface area contributed by atoms with Crippen molar-refractivity contribution >= 4 is 6.41 Å². The molecule has 0 heterocycles. The standard InChI is InChI=1S/C3H8O2.CH3NO/c1-4-3-5-2;2-1-3/h3H2,1-2H3;1H,(H2,2,3). The second-order valence-electron chi connectivity index (χ2n) is 0.831. The number of nitrogens with two attached hydrogens (primary N) is 1. The molecule has 0 aromatic heterocycles. The van der Waals surface area contributed by atoms with Gasteiger partial charge in [0.2, 0.25) is 6.41 Å². The number of carbonyl (C=O) groups is 1. The van der Waals surface area contributed by atoms with Gasteiger partial charge in [0.25, 0.3) is 0 Å². The molecule has 0 aliphatic heterocycles. The van der Waals surface area contributed by atoms with Crippen LogP contribution in [-0.4, -0.2) is 27.4 Å². The molecule has 0 aliphatic rings. The second kappa shape index (κ2) is 16.2. The van der Waals surface area contributed by atoms with Crippen LogP contribution in [0, 0.1) is 0 Å². The predicted octanol–water partition coefficient (Wildman–Crippen LogP) is -0.662. The minimum absolute atomic E-state index is 0.250. The Bertz CT molecular complexity index is 38.3. The number of carbonyl (C=O) groups excluding carboxylic acids is 1. The van der Waals surface area contributed by atoms with E-state index in [2.05, 4.69) is 15.2 Å². The Morgan fingerprint density at radius 1 is 1.50 bits per heavy atom. The maximum atomic E-state index is 8.58. The lowest BCUT2D eigenvalue weighted by atomic mass is 11.4. The molecule has 0 rings (SSSR count). The van der Waals surface area contributed by atoms with E-state index in [0.717, 1.165) is 0 Å². The SMILES string of the molecule is COCOC.NC=O. The van der Waals surface area contributed by atoms with Crippen LogP contribution in [0.1, 0.15) is 0 Å². The monoisotopic (exact) mass is 121 g/mol. The van der Waals surface area contributed by atoms with Crippen LogP contribution in [0.3, 0.4) is 0 Å². The highest BCUT2D eigenvalue weighted by atomic mass is 16.6. The van der Waals surface area contributed by atoms with E-state index in [9.17, 15) is 0 Å². The molecular weight excluding hydrogens is 110 g/mol. The van der Waals surface area contributed by atoms with Crippen molar-refractivity contribution < 1.29 is 14.3 Å². The fraction of sp³-hybridized carbons (Fsp3) is 0.750. The second-order valence-corrected chi connectivity index (χ2v) is 0.831. The Balaban J connectivity index is 0. The van der Waals surface area contributed by atoms with Gasteiger partial charge >= 0.3 is 0 Å². The quantitative estimate of drug-likeness (QED) is 0.389. The summed E-state index contributed by atoms with van der Waals surface area (Å²) in [4.78, 5) is 8.58. The lowest BCUT2D eigenvalue weighted by Crippen LogP contribution is -1.87. The van der Waals surface area contributed by atoms with E-state index in [1.165, 1.54) is 0 Å². The molecule has 0 spiro atoms. The molecule has 0 aromatic rings. The molecule has 4 nitrogen and oxygen atoms in total. The molecule has 2 N–H and O–H groups in total. The van der Waals surface area contributed by atoms with Crippen molar-refractivity contribution in [2.75, 3.05) is 21.0 Å². The minimum Gasteiger partial charge on any atom is -0.372 e. The van der Waals surface area contributed by atoms with Crippen LogP contribution >= 0.6 is 0 Å². The average Bonchev–Trinajstić information content (AvgIpc) is 1.71. The first kappa shape index (κ1) is 10.4. The molecule has 0 aliphatic carbocycles. The van der Waals surface area contributed by atoms with Crippen molar-refractivity contribution in [1.29, 1.82) is 0 Å². The van der Waals surface area contributed by atoms with Crippen LogP contribution in [0.4, 0.5) is 0 Å². The third kappa shape index (κ3) is 53.8. The van der Waals surface area contributed by atoms with Crippen molar-refractivity contribution in [2.45, 2.75) is 0 Å². The molecule has 0 radical (unpaired) electrons. The summed E-state index contributed by atoms with van der Waals surface area (Å²) in [6, 6.07) is 0. The molecule has 1 amide bonds. The van der Waals surface area contributed by atoms with Crippen LogP contribution < -0.4 is 5.73 Å². The van der Waals surface area contributed by atoms with Gasteiger partial charge in [-0.1, -0.05) is 0 Å². The minimum atomic E-state index is 0.250. The Labute approximate surface area is 48.6 Å². The Kier molecular flexibility index (Phi) is 21.0. The average molecular weight is 121 g/mol. The number of rotatable bonds is 2. The summed E-state index contributed by atoms with van der Waals surface area (Å²) in [6.45, 7) is 0.389. The first-order valence-corrected chi connectivity index (χ1v) is 1.96. The van der Waals surface area contributed by atoms with Gasteiger partial charge in [0, 0.05) is 14.2 Å². The number of methoxy groups -OCH3 is 2. The Morgan fingerprint density at radius 3 is 1.75 bits per heavy atom. The first-order chi connectivity index (χ1) is 3.83. The maximum absolute atomic E-state index is 8.58. The largest absolute Gasteiger partial charge is 0.372 e. The summed E-state index contributed by atoms with van der Waals surface area (Å²) in [5, 5.41) is 0. The Morgan fingerprint density at radius 2 is 1.75 bits per heavy atom. The van der Waals surface area contributed by atoms with Gasteiger partial charge in [-0.25, -0.2) is 0 Å². The molecule has 8 heavy (non-hydrogen) atoms. The van der Waals surface area contributed by atoms with Crippen LogP contribution in [0.2, 0.25) is 0 Å². The summed E-state index contributed by atoms with van der Waals surface area (Å²) >= 11 is 0. The van der Waals surface area contributed by atoms with Crippen molar-refractivity contribution in [3.05, 3.63) is 0 Å². The third-order valence-corrected chi connectivity index (χ3v) is 0.236. The molecule has 0 unspecified atom stereocenters. The van der Waals surface area contributed by atoms with Gasteiger partial charge in [-0.05, 0) is 0 Å². The Hall–Kier alpha value is -0.610. The summed E-state index contributed by atoms with van der Waals surface area (Å²) < 4.78 is 8.94. The zero-order valence-corrected chi connectivity index (χ0v) is 5.09. The van der Waals surface area contributed by atoms with Gasteiger partial charge in [0.05, 0.1) is 0 Å². The molecule has 50 valence electrons. The van der Waals surface area contributed by atoms with E-state index < -0.39 is 0 Å². The molecule has 0 saturated heterocycles. The summed E-state index contributed by atoms with van der Waals surface area (Å²) in [5.41, 5.74) is 4.17. The number of hydrogen-bond acceptors (Lipinski definition) is 3. The van der Waals surface area contributed by atoms with Crippen LogP contribution in [0.25, 0.3) is 0 Å². The number of primary amides is 1. The predicted molar refractivity (Wildman–Crippen MR) is 29.1 cm³/mol. The van der Waals surface area contributed by atoms with E-state index >= 15 is 0 Å². The highest BCUT2D eigenvalue weighted by molar-refractivity contribution is 5.42. The molecule has 0 bridgehead atoms. The van der Waals surface area contributed by atoms with E-state index in [1.807, 2.05) is 0 Å². The van der Waals surface area contributed by atoms with Gasteiger partial charge in [0.1, 0.15) is 6.79 Å². The van der Waals surface area contributed by atoms with Crippen molar-refractivity contribution in [3.8, 4) is 0 Å². The highest BCUT2D eigenvalue weighted by Gasteiger charge is 1.63. The van der Waals surface area contributed by atoms with Crippen molar-refractivity contribution in [2.24, 2.45) is 5.73 Å². The summed E-state index contributed by atoms with van der Waals surface area (Å²) in [6.07, 6.45) is 0.250. The fourth-order valence-electron chi connectivity index (χ4n) is 0.118. The van der Waals surface area contributed by atoms with Gasteiger partial charge < -0.3 is 15.2 Å². The van der Waals surface area contributed by atoms with Crippen molar-refractivity contribution in [1.82, 2.24) is 0 Å². The smallest absolute Gasteiger partial charge is 0.204 e. The van der Waals surface area contributed by atoms with Gasteiger partial charge in [-0.2, -0.15) is 0 Å². The normalized spacial score (nSPS) is 6.75. The van der Waals surface area contributed by atoms with Gasteiger partial charge in [-0.15, -0.1) is 0 Å². The molecule has 0 fully saturated rings. The van der Waals surface area contributed by atoms with Gasteiger partial charge in [0.15, 0.2) is 0 Å². The zero-order chi connectivity index (χ0) is 6.83.